The standard InChI is InChI=1S/C48H60N2O10/c1-4-22-50(47(54)57-27-26-56-33-34-14-7-6-8-15-34)44-31-42(49-55-3)40-29-36(17-9-11-23-51)39(19-10-12-24-52)45-41-30-38(59-37-18-13-16-35(28-37)32-53)20-21-43(41)60-48(44,46(40)45)58-25-5-2/h5-8,13-16,18,20-21,28-30,32,36,39,44-46,51-52H,2,4,9-12,17,19,22-27,31,33H2,1,3H3/t36-,39+,44-,45+,46+,48+/m0/s1. The molecule has 0 aromatic heterocycles. The molecule has 60 heavy (non-hydrogen) atoms. The predicted octanol–water partition coefficient (Wildman–Crippen LogP) is 8.62. The Kier molecular flexibility index (Phi) is 16.3. The first-order chi connectivity index (χ1) is 29.4. The van der Waals surface area contributed by atoms with Crippen LogP contribution in [0.4, 0.5) is 4.79 Å². The molecule has 1 aliphatic heterocycles. The van der Waals surface area contributed by atoms with Crippen molar-refractivity contribution in [2.75, 3.05) is 46.7 Å². The summed E-state index contributed by atoms with van der Waals surface area (Å²) < 4.78 is 32.5. The Hall–Kier alpha value is -5.01. The Labute approximate surface area is 353 Å². The molecule has 2 aliphatic carbocycles. The molecule has 0 unspecified atom stereocenters. The first-order valence-corrected chi connectivity index (χ1v) is 21.3. The molecule has 0 saturated heterocycles. The van der Waals surface area contributed by atoms with Gasteiger partial charge in [0.25, 0.3) is 0 Å². The first kappa shape index (κ1) is 44.5. The van der Waals surface area contributed by atoms with E-state index in [-0.39, 0.29) is 57.2 Å². The Morgan fingerprint density at radius 1 is 0.983 bits per heavy atom. The topological polar surface area (TPSA) is 146 Å². The number of oxime groups is 1. The largest absolute Gasteiger partial charge is 0.459 e. The smallest absolute Gasteiger partial charge is 0.410 e. The Morgan fingerprint density at radius 3 is 2.50 bits per heavy atom. The number of aliphatic hydroxyl groups is 2. The van der Waals surface area contributed by atoms with Crippen LogP contribution >= 0.6 is 0 Å². The number of fused-ring (bicyclic) bond motifs is 2. The van der Waals surface area contributed by atoms with Crippen molar-refractivity contribution in [1.29, 1.82) is 0 Å². The van der Waals surface area contributed by atoms with E-state index in [1.807, 2.05) is 61.5 Å². The number of carbonyl (C=O) groups is 2. The molecule has 3 aromatic carbocycles. The Balaban J connectivity index is 1.45. The van der Waals surface area contributed by atoms with Crippen molar-refractivity contribution in [3.05, 3.63) is 114 Å². The highest BCUT2D eigenvalue weighted by molar-refractivity contribution is 6.03. The van der Waals surface area contributed by atoms with Crippen molar-refractivity contribution in [3.63, 3.8) is 0 Å². The van der Waals surface area contributed by atoms with E-state index in [1.54, 1.807) is 29.2 Å². The summed E-state index contributed by atoms with van der Waals surface area (Å²) in [5.74, 6) is -0.278. The first-order valence-electron chi connectivity index (χ1n) is 21.3. The number of unbranched alkanes of at least 4 members (excludes halogenated alkanes) is 2. The zero-order valence-corrected chi connectivity index (χ0v) is 34.9. The van der Waals surface area contributed by atoms with Crippen LogP contribution in [0.3, 0.4) is 0 Å². The lowest BCUT2D eigenvalue weighted by Crippen LogP contribution is -2.70. The van der Waals surface area contributed by atoms with Crippen LogP contribution < -0.4 is 9.47 Å². The number of aldehydes is 1. The van der Waals surface area contributed by atoms with Crippen LogP contribution in [0, 0.1) is 17.8 Å². The molecule has 1 heterocycles. The fourth-order valence-electron chi connectivity index (χ4n) is 9.26. The summed E-state index contributed by atoms with van der Waals surface area (Å²) in [7, 11) is 1.53. The van der Waals surface area contributed by atoms with E-state index in [2.05, 4.69) is 17.8 Å². The average Bonchev–Trinajstić information content (AvgIpc) is 3.27. The number of ether oxygens (including phenoxy) is 5. The van der Waals surface area contributed by atoms with Crippen LogP contribution in [0.5, 0.6) is 17.2 Å². The molecule has 1 saturated carbocycles. The molecule has 6 rings (SSSR count). The zero-order chi connectivity index (χ0) is 42.3. The maximum Gasteiger partial charge on any atom is 0.410 e. The van der Waals surface area contributed by atoms with Gasteiger partial charge in [0.1, 0.15) is 43.3 Å². The molecule has 1 fully saturated rings. The minimum atomic E-state index is -1.41. The lowest BCUT2D eigenvalue weighted by atomic mass is 9.55. The minimum absolute atomic E-state index is 0.0443. The summed E-state index contributed by atoms with van der Waals surface area (Å²) in [6, 6.07) is 21.9. The third kappa shape index (κ3) is 10.3. The molecule has 12 heteroatoms. The summed E-state index contributed by atoms with van der Waals surface area (Å²) in [4.78, 5) is 33.2. The summed E-state index contributed by atoms with van der Waals surface area (Å²) in [5, 5.41) is 24.4. The van der Waals surface area contributed by atoms with Crippen LogP contribution in [-0.4, -0.2) is 91.7 Å². The number of amides is 1. The molecular weight excluding hydrogens is 765 g/mol. The van der Waals surface area contributed by atoms with E-state index in [0.717, 1.165) is 48.7 Å². The van der Waals surface area contributed by atoms with Gasteiger partial charge in [-0.05, 0) is 85.4 Å². The van der Waals surface area contributed by atoms with Crippen molar-refractivity contribution >= 4 is 18.1 Å². The molecule has 0 bridgehead atoms. The Bertz CT molecular complexity index is 1930. The predicted molar refractivity (Wildman–Crippen MR) is 228 cm³/mol. The second kappa shape index (κ2) is 22.0. The molecule has 3 aromatic rings. The number of nitrogens with zero attached hydrogens (tertiary/aromatic N) is 2. The van der Waals surface area contributed by atoms with Crippen LogP contribution in [0.1, 0.15) is 85.7 Å². The third-order valence-electron chi connectivity index (χ3n) is 11.7. The fourth-order valence-corrected chi connectivity index (χ4v) is 9.26. The van der Waals surface area contributed by atoms with Crippen LogP contribution in [-0.2, 0) is 25.7 Å². The maximum atomic E-state index is 14.4. The molecule has 12 nitrogen and oxygen atoms in total. The van der Waals surface area contributed by atoms with Gasteiger partial charge in [0.2, 0.25) is 5.79 Å². The van der Waals surface area contributed by atoms with Crippen LogP contribution in [0.15, 0.2) is 102 Å². The van der Waals surface area contributed by atoms with E-state index >= 15 is 0 Å². The van der Waals surface area contributed by atoms with Gasteiger partial charge in [0, 0.05) is 43.2 Å². The van der Waals surface area contributed by atoms with E-state index in [1.165, 1.54) is 7.11 Å². The number of hydrogen-bond donors (Lipinski definition) is 2. The normalized spacial score (nSPS) is 23.4. The monoisotopic (exact) mass is 824 g/mol. The molecule has 0 radical (unpaired) electrons. The number of benzene rings is 3. The Morgan fingerprint density at radius 2 is 1.77 bits per heavy atom. The van der Waals surface area contributed by atoms with E-state index < -0.39 is 23.8 Å². The summed E-state index contributed by atoms with van der Waals surface area (Å²) >= 11 is 0. The van der Waals surface area contributed by atoms with Gasteiger partial charge in [-0.25, -0.2) is 4.79 Å². The average molecular weight is 825 g/mol. The lowest BCUT2D eigenvalue weighted by Gasteiger charge is -2.59. The van der Waals surface area contributed by atoms with Gasteiger partial charge in [-0.2, -0.15) is 0 Å². The van der Waals surface area contributed by atoms with Crippen molar-refractivity contribution in [2.24, 2.45) is 22.9 Å². The van der Waals surface area contributed by atoms with Gasteiger partial charge in [-0.3, -0.25) is 9.69 Å². The second-order valence-corrected chi connectivity index (χ2v) is 15.6. The number of aliphatic hydroxyl groups excluding tert-OH is 2. The molecule has 6 atom stereocenters. The van der Waals surface area contributed by atoms with Crippen LogP contribution in [0.25, 0.3) is 0 Å². The highest BCUT2D eigenvalue weighted by atomic mass is 16.7. The van der Waals surface area contributed by atoms with Crippen LogP contribution in [0.2, 0.25) is 0 Å². The highest BCUT2D eigenvalue weighted by Crippen LogP contribution is 2.62. The van der Waals surface area contributed by atoms with E-state index in [4.69, 9.17) is 28.5 Å². The van der Waals surface area contributed by atoms with Gasteiger partial charge >= 0.3 is 6.09 Å². The van der Waals surface area contributed by atoms with Gasteiger partial charge < -0.3 is 38.7 Å². The fraction of sp³-hybridized carbons (Fsp3) is 0.479. The van der Waals surface area contributed by atoms with Gasteiger partial charge in [0.15, 0.2) is 0 Å². The highest BCUT2D eigenvalue weighted by Gasteiger charge is 2.65. The quantitative estimate of drug-likeness (QED) is 0.0413. The summed E-state index contributed by atoms with van der Waals surface area (Å²) in [6.45, 7) is 7.38. The van der Waals surface area contributed by atoms with Gasteiger partial charge in [0.05, 0.1) is 31.5 Å². The molecular formula is C48H60N2O10. The molecule has 3 aliphatic rings. The van der Waals surface area contributed by atoms with E-state index in [0.29, 0.717) is 60.9 Å². The molecule has 2 N–H and O–H groups in total. The van der Waals surface area contributed by atoms with Gasteiger partial charge in [-0.1, -0.05) is 79.5 Å². The number of allylic oxidation sites excluding steroid dienone is 1. The third-order valence-corrected chi connectivity index (χ3v) is 11.7. The number of carbonyl (C=O) groups excluding carboxylic acids is 2. The van der Waals surface area contributed by atoms with Crippen molar-refractivity contribution in [2.45, 2.75) is 82.6 Å². The minimum Gasteiger partial charge on any atom is -0.459 e. The number of rotatable bonds is 23. The molecule has 322 valence electrons. The molecule has 1 amide bonds. The van der Waals surface area contributed by atoms with E-state index in [9.17, 15) is 19.8 Å². The lowest BCUT2D eigenvalue weighted by molar-refractivity contribution is -0.255. The van der Waals surface area contributed by atoms with Crippen molar-refractivity contribution in [1.82, 2.24) is 4.90 Å². The van der Waals surface area contributed by atoms with Crippen molar-refractivity contribution < 1.29 is 48.3 Å². The van der Waals surface area contributed by atoms with Gasteiger partial charge in [-0.15, -0.1) is 6.58 Å². The SMILES string of the molecule is C=CCO[C@@]12Oc3ccc(Oc4cccc(C=O)c4)cc3[C@H]3[C@H](CCCCO)[C@@H](CCCCO)C=C(C(=NOC)C[C@@H]1N(CCC)C(=O)OCCOCc1ccccc1)[C@H]32. The summed E-state index contributed by atoms with van der Waals surface area (Å²) in [6.07, 6.45) is 9.73. The van der Waals surface area contributed by atoms with Crippen molar-refractivity contribution in [3.8, 4) is 17.2 Å². The molecule has 0 spiro atoms. The summed E-state index contributed by atoms with van der Waals surface area (Å²) in [5.41, 5.74) is 4.08. The number of hydrogen-bond acceptors (Lipinski definition) is 11. The zero-order valence-electron chi connectivity index (χ0n) is 34.9. The maximum absolute atomic E-state index is 14.4. The second-order valence-electron chi connectivity index (χ2n) is 15.6.